The molecular weight excluding hydrogens is 146 g/mol. The Morgan fingerprint density at radius 3 is 2.64 bits per heavy atom. The largest absolute Gasteiger partial charge is 0.388 e. The van der Waals surface area contributed by atoms with E-state index in [1.54, 1.807) is 13.8 Å². The summed E-state index contributed by atoms with van der Waals surface area (Å²) < 4.78 is 4.93. The summed E-state index contributed by atoms with van der Waals surface area (Å²) in [5.74, 6) is -0.138. The highest BCUT2D eigenvalue weighted by Gasteiger charge is 2.11. The van der Waals surface area contributed by atoms with Crippen LogP contribution >= 0.6 is 0 Å². The van der Waals surface area contributed by atoms with Crippen LogP contribution in [0.25, 0.3) is 0 Å². The monoisotopic (exact) mass is 161 g/mol. The standard InChI is InChI=1S/C6H15N3O2/c1-6(2,10)3-11-4-9-5(7)8/h10H,3-4H2,1-2H3,(H4,7,8,9). The molecule has 11 heavy (non-hydrogen) atoms. The molecule has 0 bridgehead atoms. The number of guanidine groups is 1. The maximum atomic E-state index is 9.15. The molecule has 66 valence electrons. The number of aliphatic hydroxyl groups is 1. The lowest BCUT2D eigenvalue weighted by Gasteiger charge is -2.16. The molecule has 5 nitrogen and oxygen atoms in total. The van der Waals surface area contributed by atoms with Gasteiger partial charge in [0, 0.05) is 0 Å². The molecule has 5 heteroatoms. The normalized spacial score (nSPS) is 11.2. The third-order valence-corrected chi connectivity index (χ3v) is 0.820. The quantitative estimate of drug-likeness (QED) is 0.188. The Kier molecular flexibility index (Phi) is 3.84. The van der Waals surface area contributed by atoms with E-state index >= 15 is 0 Å². The van der Waals surface area contributed by atoms with Gasteiger partial charge in [0.15, 0.2) is 5.96 Å². The highest BCUT2D eigenvalue weighted by Crippen LogP contribution is 1.99. The molecule has 0 radical (unpaired) electrons. The molecular formula is C6H15N3O2. The van der Waals surface area contributed by atoms with E-state index in [2.05, 4.69) is 5.32 Å². The van der Waals surface area contributed by atoms with E-state index in [1.807, 2.05) is 0 Å². The first-order valence-electron chi connectivity index (χ1n) is 3.30. The molecule has 0 aliphatic heterocycles. The maximum Gasteiger partial charge on any atom is 0.187 e. The SMILES string of the molecule is CC(C)(O)COCNC(=N)N. The second-order valence-electron chi connectivity index (χ2n) is 2.90. The third-order valence-electron chi connectivity index (χ3n) is 0.820. The molecule has 0 aliphatic carbocycles. The second-order valence-corrected chi connectivity index (χ2v) is 2.90. The molecule has 0 spiro atoms. The van der Waals surface area contributed by atoms with Crippen LogP contribution < -0.4 is 11.1 Å². The summed E-state index contributed by atoms with van der Waals surface area (Å²) in [6, 6.07) is 0. The van der Waals surface area contributed by atoms with E-state index in [4.69, 9.17) is 21.0 Å². The number of hydrogen-bond acceptors (Lipinski definition) is 3. The van der Waals surface area contributed by atoms with E-state index < -0.39 is 5.60 Å². The molecule has 0 saturated carbocycles. The van der Waals surface area contributed by atoms with Crippen LogP contribution in [0.2, 0.25) is 0 Å². The molecule has 0 amide bonds. The van der Waals surface area contributed by atoms with Gasteiger partial charge in [-0.05, 0) is 13.8 Å². The summed E-state index contributed by atoms with van der Waals surface area (Å²) in [5, 5.41) is 18.3. The van der Waals surface area contributed by atoms with Crippen molar-refractivity contribution in [3.63, 3.8) is 0 Å². The van der Waals surface area contributed by atoms with Crippen molar-refractivity contribution < 1.29 is 9.84 Å². The van der Waals surface area contributed by atoms with Gasteiger partial charge in [-0.15, -0.1) is 0 Å². The van der Waals surface area contributed by atoms with Crippen molar-refractivity contribution in [3.8, 4) is 0 Å². The Balaban J connectivity index is 3.22. The average Bonchev–Trinajstić information content (AvgIpc) is 1.78. The Morgan fingerprint density at radius 2 is 2.27 bits per heavy atom. The summed E-state index contributed by atoms with van der Waals surface area (Å²) >= 11 is 0. The second kappa shape index (κ2) is 4.15. The summed E-state index contributed by atoms with van der Waals surface area (Å²) in [6.45, 7) is 3.65. The van der Waals surface area contributed by atoms with Crippen molar-refractivity contribution in [1.29, 1.82) is 5.41 Å². The van der Waals surface area contributed by atoms with Gasteiger partial charge in [0.2, 0.25) is 0 Å². The van der Waals surface area contributed by atoms with Gasteiger partial charge in [0.05, 0.1) is 12.2 Å². The van der Waals surface area contributed by atoms with Crippen LogP contribution in [-0.4, -0.2) is 30.0 Å². The zero-order valence-electron chi connectivity index (χ0n) is 6.85. The van der Waals surface area contributed by atoms with Crippen molar-refractivity contribution in [2.75, 3.05) is 13.3 Å². The summed E-state index contributed by atoms with van der Waals surface area (Å²) in [5.41, 5.74) is 4.14. The minimum absolute atomic E-state index is 0.138. The van der Waals surface area contributed by atoms with Gasteiger partial charge in [-0.2, -0.15) is 0 Å². The zero-order chi connectivity index (χ0) is 8.91. The van der Waals surface area contributed by atoms with Gasteiger partial charge >= 0.3 is 0 Å². The Hall–Kier alpha value is -0.810. The predicted molar refractivity (Wildman–Crippen MR) is 42.2 cm³/mol. The van der Waals surface area contributed by atoms with Crippen LogP contribution in [0.3, 0.4) is 0 Å². The van der Waals surface area contributed by atoms with E-state index in [9.17, 15) is 0 Å². The van der Waals surface area contributed by atoms with Gasteiger partial charge in [0.25, 0.3) is 0 Å². The first kappa shape index (κ1) is 10.2. The van der Waals surface area contributed by atoms with E-state index in [-0.39, 0.29) is 19.3 Å². The van der Waals surface area contributed by atoms with Crippen LogP contribution in [-0.2, 0) is 4.74 Å². The fraction of sp³-hybridized carbons (Fsp3) is 0.833. The molecule has 0 aromatic heterocycles. The highest BCUT2D eigenvalue weighted by atomic mass is 16.5. The molecule has 0 rings (SSSR count). The van der Waals surface area contributed by atoms with Crippen molar-refractivity contribution >= 4 is 5.96 Å². The summed E-state index contributed by atoms with van der Waals surface area (Å²) in [4.78, 5) is 0. The number of ether oxygens (including phenoxy) is 1. The number of rotatable bonds is 4. The number of nitrogens with two attached hydrogens (primary N) is 1. The lowest BCUT2D eigenvalue weighted by Crippen LogP contribution is -2.35. The van der Waals surface area contributed by atoms with Gasteiger partial charge in [-0.1, -0.05) is 0 Å². The first-order valence-corrected chi connectivity index (χ1v) is 3.30. The fourth-order valence-corrected chi connectivity index (χ4v) is 0.430. The van der Waals surface area contributed by atoms with E-state index in [1.165, 1.54) is 0 Å². The lowest BCUT2D eigenvalue weighted by molar-refractivity contribution is -0.0225. The van der Waals surface area contributed by atoms with Crippen LogP contribution in [0.15, 0.2) is 0 Å². The fourth-order valence-electron chi connectivity index (χ4n) is 0.430. The molecule has 0 aliphatic rings. The van der Waals surface area contributed by atoms with Crippen molar-refractivity contribution in [1.82, 2.24) is 5.32 Å². The number of nitrogens with one attached hydrogen (secondary N) is 2. The third kappa shape index (κ3) is 9.19. The Morgan fingerprint density at radius 1 is 1.73 bits per heavy atom. The molecule has 0 unspecified atom stereocenters. The van der Waals surface area contributed by atoms with Gasteiger partial charge in [-0.3, -0.25) is 5.41 Å². The van der Waals surface area contributed by atoms with Crippen LogP contribution in [0.5, 0.6) is 0 Å². The van der Waals surface area contributed by atoms with Crippen molar-refractivity contribution in [2.24, 2.45) is 5.73 Å². The minimum atomic E-state index is -0.835. The van der Waals surface area contributed by atoms with Gasteiger partial charge in [-0.25, -0.2) is 0 Å². The average molecular weight is 161 g/mol. The minimum Gasteiger partial charge on any atom is -0.388 e. The Labute approximate surface area is 66.0 Å². The molecule has 0 fully saturated rings. The number of hydrogen-bond donors (Lipinski definition) is 4. The van der Waals surface area contributed by atoms with Crippen molar-refractivity contribution in [3.05, 3.63) is 0 Å². The zero-order valence-corrected chi connectivity index (χ0v) is 6.85. The van der Waals surface area contributed by atoms with Crippen molar-refractivity contribution in [2.45, 2.75) is 19.4 Å². The van der Waals surface area contributed by atoms with Crippen LogP contribution in [0, 0.1) is 5.41 Å². The summed E-state index contributed by atoms with van der Waals surface area (Å²) in [7, 11) is 0. The predicted octanol–water partition coefficient (Wildman–Crippen LogP) is -0.786. The molecule has 0 aromatic carbocycles. The lowest BCUT2D eigenvalue weighted by atomic mass is 10.2. The molecule has 5 N–H and O–H groups in total. The smallest absolute Gasteiger partial charge is 0.187 e. The van der Waals surface area contributed by atoms with E-state index in [0.29, 0.717) is 0 Å². The molecule has 0 atom stereocenters. The van der Waals surface area contributed by atoms with Crippen LogP contribution in [0.4, 0.5) is 0 Å². The van der Waals surface area contributed by atoms with Gasteiger partial charge in [0.1, 0.15) is 6.73 Å². The summed E-state index contributed by atoms with van der Waals surface area (Å²) in [6.07, 6.45) is 0. The maximum absolute atomic E-state index is 9.15. The van der Waals surface area contributed by atoms with E-state index in [0.717, 1.165) is 0 Å². The highest BCUT2D eigenvalue weighted by molar-refractivity contribution is 5.73. The topological polar surface area (TPSA) is 91.4 Å². The van der Waals surface area contributed by atoms with Gasteiger partial charge < -0.3 is 20.9 Å². The van der Waals surface area contributed by atoms with Crippen LogP contribution in [0.1, 0.15) is 13.8 Å². The molecule has 0 aromatic rings. The first-order chi connectivity index (χ1) is 4.92. The molecule has 0 heterocycles. The Bertz CT molecular complexity index is 130. The molecule has 0 saturated heterocycles.